The predicted molar refractivity (Wildman–Crippen MR) is 84.4 cm³/mol. The topological polar surface area (TPSA) is 75.6 Å². The molecule has 0 unspecified atom stereocenters. The second-order valence-electron chi connectivity index (χ2n) is 5.65. The van der Waals surface area contributed by atoms with Gasteiger partial charge in [-0.25, -0.2) is 9.18 Å². The standard InChI is InChI=1S/C16H16FNO4S/c1-9-11-8-10(17)2-3-12(11)23-13(9)14(19)18-16(15(20)21)4-6-22-7-5-16/h2-3,8H,4-7H2,1H3,(H,18,19)(H,20,21). The van der Waals surface area contributed by atoms with Gasteiger partial charge in [-0.05, 0) is 36.1 Å². The molecular formula is C16H16FNO4S. The van der Waals surface area contributed by atoms with Crippen LogP contribution in [0.25, 0.3) is 10.1 Å². The van der Waals surface area contributed by atoms with Crippen LogP contribution in [-0.4, -0.2) is 35.7 Å². The fourth-order valence-corrected chi connectivity index (χ4v) is 3.88. The van der Waals surface area contributed by atoms with Crippen LogP contribution in [0.15, 0.2) is 18.2 Å². The third kappa shape index (κ3) is 2.82. The van der Waals surface area contributed by atoms with Crippen LogP contribution in [0.2, 0.25) is 0 Å². The van der Waals surface area contributed by atoms with Crippen LogP contribution in [0.5, 0.6) is 0 Å². The molecule has 2 heterocycles. The van der Waals surface area contributed by atoms with Crippen molar-refractivity contribution in [2.45, 2.75) is 25.3 Å². The highest BCUT2D eigenvalue weighted by molar-refractivity contribution is 7.21. The number of carbonyl (C=O) groups is 2. The first-order valence-electron chi connectivity index (χ1n) is 7.25. The van der Waals surface area contributed by atoms with Gasteiger partial charge in [0.2, 0.25) is 0 Å². The van der Waals surface area contributed by atoms with Crippen LogP contribution in [0.4, 0.5) is 4.39 Å². The summed E-state index contributed by atoms with van der Waals surface area (Å²) in [6.45, 7) is 2.33. The molecule has 0 spiro atoms. The molecule has 0 bridgehead atoms. The number of carbonyl (C=O) groups excluding carboxylic acids is 1. The van der Waals surface area contributed by atoms with Crippen molar-refractivity contribution in [3.63, 3.8) is 0 Å². The van der Waals surface area contributed by atoms with E-state index >= 15 is 0 Å². The highest BCUT2D eigenvalue weighted by atomic mass is 32.1. The molecule has 0 radical (unpaired) electrons. The molecule has 3 rings (SSSR count). The van der Waals surface area contributed by atoms with Gasteiger partial charge in [0.25, 0.3) is 5.91 Å². The molecule has 1 aromatic heterocycles. The number of carboxylic acids is 1. The zero-order valence-electron chi connectivity index (χ0n) is 12.5. The highest BCUT2D eigenvalue weighted by Gasteiger charge is 2.42. The van der Waals surface area contributed by atoms with E-state index in [1.54, 1.807) is 13.0 Å². The fraction of sp³-hybridized carbons (Fsp3) is 0.375. The van der Waals surface area contributed by atoms with Crippen molar-refractivity contribution in [3.05, 3.63) is 34.5 Å². The Morgan fingerprint density at radius 1 is 1.35 bits per heavy atom. The lowest BCUT2D eigenvalue weighted by Gasteiger charge is -2.33. The van der Waals surface area contributed by atoms with Gasteiger partial charge in [-0.2, -0.15) is 0 Å². The molecule has 0 aliphatic carbocycles. The molecule has 122 valence electrons. The van der Waals surface area contributed by atoms with E-state index in [-0.39, 0.29) is 18.7 Å². The number of nitrogens with one attached hydrogen (secondary N) is 1. The third-order valence-corrected chi connectivity index (χ3v) is 5.48. The maximum absolute atomic E-state index is 13.4. The number of carboxylic acid groups (broad SMARTS) is 1. The second-order valence-corrected chi connectivity index (χ2v) is 6.70. The molecule has 7 heteroatoms. The van der Waals surface area contributed by atoms with Crippen molar-refractivity contribution in [1.82, 2.24) is 5.32 Å². The summed E-state index contributed by atoms with van der Waals surface area (Å²) in [6, 6.07) is 4.36. The number of amides is 1. The van der Waals surface area contributed by atoms with Crippen molar-refractivity contribution in [1.29, 1.82) is 0 Å². The quantitative estimate of drug-likeness (QED) is 0.903. The Balaban J connectivity index is 1.94. The average molecular weight is 337 g/mol. The van der Waals surface area contributed by atoms with Crippen LogP contribution in [-0.2, 0) is 9.53 Å². The Morgan fingerprint density at radius 2 is 2.04 bits per heavy atom. The van der Waals surface area contributed by atoms with E-state index in [4.69, 9.17) is 4.74 Å². The van der Waals surface area contributed by atoms with Crippen LogP contribution < -0.4 is 5.32 Å². The van der Waals surface area contributed by atoms with Gasteiger partial charge in [-0.1, -0.05) is 0 Å². The van der Waals surface area contributed by atoms with E-state index in [0.717, 1.165) is 4.70 Å². The van der Waals surface area contributed by atoms with Crippen molar-refractivity contribution in [2.75, 3.05) is 13.2 Å². The molecule has 1 aromatic carbocycles. The zero-order chi connectivity index (χ0) is 16.6. The maximum Gasteiger partial charge on any atom is 0.329 e. The van der Waals surface area contributed by atoms with Crippen LogP contribution >= 0.6 is 11.3 Å². The first kappa shape index (κ1) is 15.9. The molecule has 1 aliphatic rings. The number of rotatable bonds is 3. The Labute approximate surface area is 136 Å². The molecule has 5 nitrogen and oxygen atoms in total. The zero-order valence-corrected chi connectivity index (χ0v) is 13.3. The van der Waals surface area contributed by atoms with E-state index < -0.39 is 17.4 Å². The van der Waals surface area contributed by atoms with E-state index in [0.29, 0.717) is 29.0 Å². The highest BCUT2D eigenvalue weighted by Crippen LogP contribution is 2.32. The van der Waals surface area contributed by atoms with Gasteiger partial charge in [-0.3, -0.25) is 4.79 Å². The minimum atomic E-state index is -1.30. The number of aliphatic carboxylic acids is 1. The minimum absolute atomic E-state index is 0.229. The summed E-state index contributed by atoms with van der Waals surface area (Å²) in [5.74, 6) is -1.86. The summed E-state index contributed by atoms with van der Waals surface area (Å²) in [6.07, 6.45) is 0.458. The SMILES string of the molecule is Cc1c(C(=O)NC2(C(=O)O)CCOCC2)sc2ccc(F)cc12. The Kier molecular flexibility index (Phi) is 4.08. The molecule has 0 saturated carbocycles. The van der Waals surface area contributed by atoms with Crippen molar-refractivity contribution in [2.24, 2.45) is 0 Å². The van der Waals surface area contributed by atoms with Gasteiger partial charge in [0.15, 0.2) is 0 Å². The van der Waals surface area contributed by atoms with Crippen molar-refractivity contribution >= 4 is 33.3 Å². The monoisotopic (exact) mass is 337 g/mol. The summed E-state index contributed by atoms with van der Waals surface area (Å²) in [7, 11) is 0. The smallest absolute Gasteiger partial charge is 0.329 e. The summed E-state index contributed by atoms with van der Waals surface area (Å²) in [5.41, 5.74) is -0.641. The Morgan fingerprint density at radius 3 is 2.70 bits per heavy atom. The molecule has 2 aromatic rings. The number of fused-ring (bicyclic) bond motifs is 1. The molecule has 1 saturated heterocycles. The number of aryl methyl sites for hydroxylation is 1. The first-order chi connectivity index (χ1) is 10.9. The van der Waals surface area contributed by atoms with Gasteiger partial charge >= 0.3 is 5.97 Å². The normalized spacial score (nSPS) is 17.1. The van der Waals surface area contributed by atoms with Gasteiger partial charge < -0.3 is 15.2 Å². The Hall–Kier alpha value is -1.99. The van der Waals surface area contributed by atoms with Gasteiger partial charge in [0.05, 0.1) is 4.88 Å². The van der Waals surface area contributed by atoms with E-state index in [1.807, 2.05) is 0 Å². The summed E-state index contributed by atoms with van der Waals surface area (Å²) >= 11 is 1.24. The van der Waals surface area contributed by atoms with E-state index in [9.17, 15) is 19.1 Å². The Bertz CT molecular complexity index is 780. The minimum Gasteiger partial charge on any atom is -0.480 e. The number of thiophene rings is 1. The lowest BCUT2D eigenvalue weighted by Crippen LogP contribution is -2.57. The molecule has 1 amide bonds. The van der Waals surface area contributed by atoms with Crippen molar-refractivity contribution in [3.8, 4) is 0 Å². The van der Waals surface area contributed by atoms with Crippen LogP contribution in [0.1, 0.15) is 28.1 Å². The molecular weight excluding hydrogens is 321 g/mol. The second kappa shape index (κ2) is 5.90. The van der Waals surface area contributed by atoms with Gasteiger partial charge in [-0.15, -0.1) is 11.3 Å². The lowest BCUT2D eigenvalue weighted by molar-refractivity contribution is -0.148. The molecule has 0 atom stereocenters. The van der Waals surface area contributed by atoms with E-state index in [1.165, 1.54) is 23.5 Å². The number of halogens is 1. The number of ether oxygens (including phenoxy) is 1. The molecule has 1 aliphatic heterocycles. The third-order valence-electron chi connectivity index (χ3n) is 4.21. The fourth-order valence-electron chi connectivity index (χ4n) is 2.80. The lowest BCUT2D eigenvalue weighted by atomic mass is 9.90. The van der Waals surface area contributed by atoms with Crippen molar-refractivity contribution < 1.29 is 23.8 Å². The van der Waals surface area contributed by atoms with Crippen LogP contribution in [0, 0.1) is 12.7 Å². The molecule has 1 fully saturated rings. The van der Waals surface area contributed by atoms with Crippen LogP contribution in [0.3, 0.4) is 0 Å². The van der Waals surface area contributed by atoms with Gasteiger partial charge in [0.1, 0.15) is 11.4 Å². The molecule has 2 N–H and O–H groups in total. The number of benzene rings is 1. The largest absolute Gasteiger partial charge is 0.480 e. The average Bonchev–Trinajstić information content (AvgIpc) is 2.85. The summed E-state index contributed by atoms with van der Waals surface area (Å²) < 4.78 is 19.4. The molecule has 23 heavy (non-hydrogen) atoms. The van der Waals surface area contributed by atoms with Gasteiger partial charge in [0, 0.05) is 30.8 Å². The summed E-state index contributed by atoms with van der Waals surface area (Å²) in [5, 5.41) is 12.9. The maximum atomic E-state index is 13.4. The number of hydrogen-bond acceptors (Lipinski definition) is 4. The summed E-state index contributed by atoms with van der Waals surface area (Å²) in [4.78, 5) is 24.6. The number of hydrogen-bond donors (Lipinski definition) is 2. The van der Waals surface area contributed by atoms with E-state index in [2.05, 4.69) is 5.32 Å². The predicted octanol–water partition coefficient (Wildman–Crippen LogP) is 2.71. The first-order valence-corrected chi connectivity index (χ1v) is 8.07.